The maximum absolute atomic E-state index is 2.44. The molecule has 10 aromatic rings. The molecule has 0 amide bonds. The molecule has 0 nitrogen and oxygen atoms in total. The van der Waals surface area contributed by atoms with Gasteiger partial charge in [0.25, 0.3) is 0 Å². The third kappa shape index (κ3) is 3.64. The Morgan fingerprint density at radius 2 is 0.959 bits per heavy atom. The van der Waals surface area contributed by atoms with E-state index >= 15 is 0 Å². The van der Waals surface area contributed by atoms with Crippen LogP contribution < -0.4 is 0 Å². The van der Waals surface area contributed by atoms with E-state index in [-0.39, 0.29) is 5.41 Å². The zero-order chi connectivity index (χ0) is 32.4. The molecule has 0 aromatic heterocycles. The van der Waals surface area contributed by atoms with Gasteiger partial charge in [-0.25, -0.2) is 0 Å². The van der Waals surface area contributed by atoms with Gasteiger partial charge in [-0.05, 0) is 133 Å². The van der Waals surface area contributed by atoms with Crippen molar-refractivity contribution in [1.82, 2.24) is 0 Å². The average Bonchev–Trinajstić information content (AvgIpc) is 3.38. The quantitative estimate of drug-likeness (QED) is 0.169. The van der Waals surface area contributed by atoms with Crippen molar-refractivity contribution in [3.05, 3.63) is 169 Å². The largest absolute Gasteiger partial charge is 0.0616 e. The molecule has 0 unspecified atom stereocenters. The maximum Gasteiger partial charge on any atom is 0.0165 e. The van der Waals surface area contributed by atoms with Crippen LogP contribution in [0.3, 0.4) is 0 Å². The molecule has 0 aliphatic heterocycles. The van der Waals surface area contributed by atoms with Gasteiger partial charge in [0.1, 0.15) is 0 Å². The normalized spacial score (nSPS) is 13.7. The molecular formula is C49H32. The minimum absolute atomic E-state index is 0.118. The van der Waals surface area contributed by atoms with Gasteiger partial charge in [-0.15, -0.1) is 0 Å². The molecule has 11 rings (SSSR count). The van der Waals surface area contributed by atoms with Crippen LogP contribution in [0, 0.1) is 0 Å². The van der Waals surface area contributed by atoms with Crippen molar-refractivity contribution < 1.29 is 0 Å². The summed E-state index contributed by atoms with van der Waals surface area (Å²) in [5.41, 5.74) is 10.5. The van der Waals surface area contributed by atoms with E-state index in [4.69, 9.17) is 0 Å². The zero-order valence-electron chi connectivity index (χ0n) is 27.5. The highest BCUT2D eigenvalue weighted by molar-refractivity contribution is 6.25. The van der Waals surface area contributed by atoms with Gasteiger partial charge in [-0.2, -0.15) is 0 Å². The minimum atomic E-state index is -0.118. The van der Waals surface area contributed by atoms with Crippen LogP contribution in [0.5, 0.6) is 0 Å². The van der Waals surface area contributed by atoms with Crippen molar-refractivity contribution >= 4 is 64.6 Å². The van der Waals surface area contributed by atoms with Gasteiger partial charge in [0.15, 0.2) is 0 Å². The lowest BCUT2D eigenvalue weighted by Gasteiger charge is -2.24. The van der Waals surface area contributed by atoms with Gasteiger partial charge < -0.3 is 0 Å². The first-order valence-corrected chi connectivity index (χ1v) is 17.3. The van der Waals surface area contributed by atoms with E-state index in [1.54, 1.807) is 0 Å². The molecule has 1 aliphatic rings. The molecule has 0 radical (unpaired) electrons. The van der Waals surface area contributed by atoms with Crippen LogP contribution in [0.1, 0.15) is 25.0 Å². The molecule has 0 heteroatoms. The first-order chi connectivity index (χ1) is 24.0. The molecule has 0 saturated heterocycles. The predicted molar refractivity (Wildman–Crippen MR) is 211 cm³/mol. The van der Waals surface area contributed by atoms with Gasteiger partial charge >= 0.3 is 0 Å². The van der Waals surface area contributed by atoms with Crippen molar-refractivity contribution in [2.75, 3.05) is 0 Å². The van der Waals surface area contributed by atoms with Crippen LogP contribution in [0.15, 0.2) is 158 Å². The molecule has 49 heavy (non-hydrogen) atoms. The van der Waals surface area contributed by atoms with Crippen LogP contribution >= 0.6 is 0 Å². The molecule has 0 bridgehead atoms. The minimum Gasteiger partial charge on any atom is -0.0616 e. The second-order valence-electron chi connectivity index (χ2n) is 14.5. The number of rotatable bonds is 2. The second-order valence-corrected chi connectivity index (χ2v) is 14.5. The van der Waals surface area contributed by atoms with Gasteiger partial charge in [0.2, 0.25) is 0 Å². The molecule has 0 heterocycles. The first-order valence-electron chi connectivity index (χ1n) is 17.3. The SMILES string of the molecule is CC1(C)c2cc3ccccc3cc2-c2c1c1ccc(-c3cccc(-c4ccc5ccc6cccc7ccc4c5c67)c3)cc1c1ccccc21. The van der Waals surface area contributed by atoms with Gasteiger partial charge in [0.05, 0.1) is 0 Å². The zero-order valence-corrected chi connectivity index (χ0v) is 27.5. The van der Waals surface area contributed by atoms with Crippen LogP contribution in [0.25, 0.3) is 98.0 Å². The highest BCUT2D eigenvalue weighted by Gasteiger charge is 2.38. The maximum atomic E-state index is 2.44. The standard InChI is InChI=1S/C49H32/c1-49(2)44-28-34-10-4-3-9-33(34)27-43(44)47-39-16-6-5-15-38(39)42-26-35(21-24-41(42)48(47)49)32-13-8-14-36(25-32)37-22-19-31-18-17-29-11-7-12-30-20-23-40(37)46(31)45(29)30/h3-28H,1-2H3. The molecule has 0 fully saturated rings. The summed E-state index contributed by atoms with van der Waals surface area (Å²) in [5, 5.41) is 15.9. The highest BCUT2D eigenvalue weighted by atomic mass is 14.4. The lowest BCUT2D eigenvalue weighted by molar-refractivity contribution is 0.667. The Bertz CT molecular complexity index is 2990. The fourth-order valence-corrected chi connectivity index (χ4v) is 9.25. The Labute approximate surface area is 285 Å². The van der Waals surface area contributed by atoms with Crippen LogP contribution in [-0.2, 0) is 5.41 Å². The summed E-state index contributed by atoms with van der Waals surface area (Å²) in [5.74, 6) is 0. The molecular weight excluding hydrogens is 589 g/mol. The van der Waals surface area contributed by atoms with E-state index in [0.717, 1.165) is 0 Å². The molecule has 10 aromatic carbocycles. The predicted octanol–water partition coefficient (Wildman–Crippen LogP) is 13.7. The summed E-state index contributed by atoms with van der Waals surface area (Å²) in [6.45, 7) is 4.82. The van der Waals surface area contributed by atoms with Crippen molar-refractivity contribution in [3.63, 3.8) is 0 Å². The molecule has 0 atom stereocenters. The summed E-state index contributed by atoms with van der Waals surface area (Å²) >= 11 is 0. The fraction of sp³-hybridized carbons (Fsp3) is 0.0612. The van der Waals surface area contributed by atoms with Gasteiger partial charge in [-0.1, -0.05) is 147 Å². The Balaban J connectivity index is 1.12. The van der Waals surface area contributed by atoms with Crippen molar-refractivity contribution in [3.8, 4) is 33.4 Å². The smallest absolute Gasteiger partial charge is 0.0165 e. The van der Waals surface area contributed by atoms with Crippen molar-refractivity contribution in [1.29, 1.82) is 0 Å². The number of hydrogen-bond donors (Lipinski definition) is 0. The highest BCUT2D eigenvalue weighted by Crippen LogP contribution is 2.55. The topological polar surface area (TPSA) is 0 Å². The second kappa shape index (κ2) is 9.56. The van der Waals surface area contributed by atoms with Gasteiger partial charge in [-0.3, -0.25) is 0 Å². The van der Waals surface area contributed by atoms with Crippen molar-refractivity contribution in [2.45, 2.75) is 19.3 Å². The average molecular weight is 621 g/mol. The summed E-state index contributed by atoms with van der Waals surface area (Å²) in [6, 6.07) is 59.3. The Hall–Kier alpha value is -5.98. The molecule has 0 saturated carbocycles. The summed E-state index contributed by atoms with van der Waals surface area (Å²) in [7, 11) is 0. The fourth-order valence-electron chi connectivity index (χ4n) is 9.25. The van der Waals surface area contributed by atoms with E-state index in [1.165, 1.54) is 109 Å². The van der Waals surface area contributed by atoms with E-state index in [9.17, 15) is 0 Å². The molecule has 1 aliphatic carbocycles. The Morgan fingerprint density at radius 3 is 1.80 bits per heavy atom. The lowest BCUT2D eigenvalue weighted by atomic mass is 9.78. The molecule has 0 N–H and O–H groups in total. The Morgan fingerprint density at radius 1 is 0.347 bits per heavy atom. The molecule has 0 spiro atoms. The summed E-state index contributed by atoms with van der Waals surface area (Å²) in [6.07, 6.45) is 0. The lowest BCUT2D eigenvalue weighted by Crippen LogP contribution is -2.15. The number of benzene rings is 10. The molecule has 228 valence electrons. The van der Waals surface area contributed by atoms with Crippen molar-refractivity contribution in [2.24, 2.45) is 0 Å². The van der Waals surface area contributed by atoms with Crippen LogP contribution in [-0.4, -0.2) is 0 Å². The third-order valence-corrected chi connectivity index (χ3v) is 11.5. The number of fused-ring (bicyclic) bond motifs is 9. The third-order valence-electron chi connectivity index (χ3n) is 11.5. The van der Waals surface area contributed by atoms with Gasteiger partial charge in [0, 0.05) is 5.41 Å². The van der Waals surface area contributed by atoms with E-state index in [2.05, 4.69) is 172 Å². The number of hydrogen-bond acceptors (Lipinski definition) is 0. The first kappa shape index (κ1) is 27.0. The summed E-state index contributed by atoms with van der Waals surface area (Å²) in [4.78, 5) is 0. The monoisotopic (exact) mass is 620 g/mol. The Kier molecular flexibility index (Phi) is 5.27. The van der Waals surface area contributed by atoms with E-state index in [1.807, 2.05) is 0 Å². The van der Waals surface area contributed by atoms with E-state index < -0.39 is 0 Å². The van der Waals surface area contributed by atoms with Crippen LogP contribution in [0.4, 0.5) is 0 Å². The van der Waals surface area contributed by atoms with E-state index in [0.29, 0.717) is 0 Å². The summed E-state index contributed by atoms with van der Waals surface area (Å²) < 4.78 is 0. The van der Waals surface area contributed by atoms with Crippen LogP contribution in [0.2, 0.25) is 0 Å².